The molecule has 28 heavy (non-hydrogen) atoms. The summed E-state index contributed by atoms with van der Waals surface area (Å²) in [4.78, 5) is 20.6. The van der Waals surface area contributed by atoms with Crippen LogP contribution >= 0.6 is 0 Å². The van der Waals surface area contributed by atoms with Gasteiger partial charge in [-0.3, -0.25) is 4.79 Å². The van der Waals surface area contributed by atoms with E-state index >= 15 is 0 Å². The molecule has 140 valence electrons. The Kier molecular flexibility index (Phi) is 4.29. The van der Waals surface area contributed by atoms with Crippen LogP contribution in [0.3, 0.4) is 0 Å². The maximum absolute atomic E-state index is 12.6. The Morgan fingerprint density at radius 3 is 2.93 bits per heavy atom. The minimum absolute atomic E-state index is 0.0328. The highest BCUT2D eigenvalue weighted by Gasteiger charge is 2.21. The topological polar surface area (TPSA) is 67.0 Å². The van der Waals surface area contributed by atoms with Crippen molar-refractivity contribution >= 4 is 33.4 Å². The second-order valence-electron chi connectivity index (χ2n) is 7.22. The van der Waals surface area contributed by atoms with Crippen molar-refractivity contribution < 1.29 is 9.53 Å². The number of benzene rings is 3. The quantitative estimate of drug-likeness (QED) is 0.544. The molecule has 5 rings (SSSR count). The van der Waals surface area contributed by atoms with Gasteiger partial charge < -0.3 is 15.0 Å². The fourth-order valence-corrected chi connectivity index (χ4v) is 3.88. The predicted octanol–water partition coefficient (Wildman–Crippen LogP) is 4.75. The van der Waals surface area contributed by atoms with E-state index in [2.05, 4.69) is 33.5 Å². The molecule has 0 saturated carbocycles. The molecule has 2 N–H and O–H groups in total. The summed E-state index contributed by atoms with van der Waals surface area (Å²) in [6, 6.07) is 20.0. The molecule has 0 radical (unpaired) electrons. The molecule has 1 aliphatic heterocycles. The number of hydrogen-bond donors (Lipinski definition) is 2. The van der Waals surface area contributed by atoms with Gasteiger partial charge in [0.25, 0.3) is 0 Å². The Balaban J connectivity index is 1.34. The minimum Gasteiger partial charge on any atom is -0.370 e. The number of ether oxygens (including phenoxy) is 1. The molecule has 5 nitrogen and oxygen atoms in total. The highest BCUT2D eigenvalue weighted by atomic mass is 16.5. The van der Waals surface area contributed by atoms with E-state index in [9.17, 15) is 4.79 Å². The van der Waals surface area contributed by atoms with Crippen molar-refractivity contribution in [3.05, 3.63) is 72.1 Å². The van der Waals surface area contributed by atoms with E-state index in [4.69, 9.17) is 4.74 Å². The normalized spacial score (nSPS) is 16.6. The molecule has 1 amide bonds. The number of imidazole rings is 1. The lowest BCUT2D eigenvalue weighted by Crippen LogP contribution is -2.14. The number of rotatable bonds is 4. The summed E-state index contributed by atoms with van der Waals surface area (Å²) in [6.07, 6.45) is 2.45. The molecule has 0 bridgehead atoms. The monoisotopic (exact) mass is 371 g/mol. The summed E-state index contributed by atoms with van der Waals surface area (Å²) in [5.41, 5.74) is 3.59. The number of nitrogens with zero attached hydrogens (tertiary/aromatic N) is 1. The Hall–Kier alpha value is -3.18. The second-order valence-corrected chi connectivity index (χ2v) is 7.22. The number of H-pyrrole nitrogens is 1. The van der Waals surface area contributed by atoms with E-state index in [0.717, 1.165) is 58.3 Å². The van der Waals surface area contributed by atoms with Gasteiger partial charge in [0.05, 0.1) is 17.5 Å². The average molecular weight is 371 g/mol. The Morgan fingerprint density at radius 1 is 1.14 bits per heavy atom. The van der Waals surface area contributed by atoms with Crippen LogP contribution < -0.4 is 5.32 Å². The van der Waals surface area contributed by atoms with E-state index in [0.29, 0.717) is 6.42 Å². The summed E-state index contributed by atoms with van der Waals surface area (Å²) in [5.74, 6) is 0.835. The molecule has 1 aliphatic rings. The number of anilines is 1. The van der Waals surface area contributed by atoms with Gasteiger partial charge in [-0.1, -0.05) is 42.5 Å². The highest BCUT2D eigenvalue weighted by Crippen LogP contribution is 2.28. The van der Waals surface area contributed by atoms with E-state index in [-0.39, 0.29) is 12.0 Å². The van der Waals surface area contributed by atoms with Crippen molar-refractivity contribution in [2.45, 2.75) is 25.4 Å². The number of amides is 1. The van der Waals surface area contributed by atoms with Crippen molar-refractivity contribution in [2.24, 2.45) is 0 Å². The van der Waals surface area contributed by atoms with Crippen molar-refractivity contribution in [3.8, 4) is 0 Å². The third kappa shape index (κ3) is 3.25. The summed E-state index contributed by atoms with van der Waals surface area (Å²) in [7, 11) is 0. The Morgan fingerprint density at radius 2 is 2.04 bits per heavy atom. The fourth-order valence-electron chi connectivity index (χ4n) is 3.88. The maximum atomic E-state index is 12.6. The molecule has 5 heteroatoms. The van der Waals surface area contributed by atoms with Crippen molar-refractivity contribution in [1.82, 2.24) is 9.97 Å². The van der Waals surface area contributed by atoms with Gasteiger partial charge in [0.1, 0.15) is 11.9 Å². The van der Waals surface area contributed by atoms with Crippen LogP contribution in [0.25, 0.3) is 21.8 Å². The van der Waals surface area contributed by atoms with Gasteiger partial charge in [-0.15, -0.1) is 0 Å². The molecule has 0 spiro atoms. The van der Waals surface area contributed by atoms with E-state index in [1.54, 1.807) is 0 Å². The first kappa shape index (κ1) is 17.0. The number of carbonyl (C=O) groups excluding carboxylic acids is 1. The molecular formula is C23H21N3O2. The molecule has 0 aliphatic carbocycles. The zero-order valence-electron chi connectivity index (χ0n) is 15.4. The molecule has 1 saturated heterocycles. The first-order valence-electron chi connectivity index (χ1n) is 9.64. The Labute approximate surface area is 162 Å². The van der Waals surface area contributed by atoms with Crippen LogP contribution in [-0.4, -0.2) is 22.5 Å². The molecule has 3 aromatic carbocycles. The summed E-state index contributed by atoms with van der Waals surface area (Å²) < 4.78 is 5.70. The van der Waals surface area contributed by atoms with E-state index in [1.807, 2.05) is 42.5 Å². The van der Waals surface area contributed by atoms with Gasteiger partial charge >= 0.3 is 0 Å². The number of aromatic nitrogens is 2. The van der Waals surface area contributed by atoms with Crippen LogP contribution in [0.5, 0.6) is 0 Å². The zero-order valence-corrected chi connectivity index (χ0v) is 15.4. The van der Waals surface area contributed by atoms with Crippen LogP contribution in [0, 0.1) is 0 Å². The molecular weight excluding hydrogens is 350 g/mol. The number of fused-ring (bicyclic) bond motifs is 2. The van der Waals surface area contributed by atoms with Crippen LogP contribution in [-0.2, 0) is 16.0 Å². The standard InChI is InChI=1S/C23H21N3O2/c27-22(13-16-7-3-6-15-5-1-2-8-18(15)16)24-17-10-11-19-20(14-17)26-23(25-19)21-9-4-12-28-21/h1-3,5-8,10-11,14,21H,4,9,12-13H2,(H,24,27)(H,25,26). The van der Waals surface area contributed by atoms with Crippen molar-refractivity contribution in [3.63, 3.8) is 0 Å². The minimum atomic E-state index is -0.0328. The molecule has 1 fully saturated rings. The maximum Gasteiger partial charge on any atom is 0.228 e. The number of hydrogen-bond acceptors (Lipinski definition) is 3. The smallest absolute Gasteiger partial charge is 0.228 e. The third-order valence-electron chi connectivity index (χ3n) is 5.25. The summed E-state index contributed by atoms with van der Waals surface area (Å²) in [5, 5.41) is 5.27. The molecule has 2 heterocycles. The molecule has 1 atom stereocenters. The largest absolute Gasteiger partial charge is 0.370 e. The van der Waals surface area contributed by atoms with E-state index < -0.39 is 0 Å². The third-order valence-corrected chi connectivity index (χ3v) is 5.25. The number of aromatic amines is 1. The van der Waals surface area contributed by atoms with Gasteiger partial charge in [-0.2, -0.15) is 0 Å². The van der Waals surface area contributed by atoms with Crippen LogP contribution in [0.2, 0.25) is 0 Å². The predicted molar refractivity (Wildman–Crippen MR) is 110 cm³/mol. The number of carbonyl (C=O) groups is 1. The SMILES string of the molecule is O=C(Cc1cccc2ccccc12)Nc1ccc2nc(C3CCCO3)[nH]c2c1. The lowest BCUT2D eigenvalue weighted by atomic mass is 10.0. The van der Waals surface area contributed by atoms with Gasteiger partial charge in [-0.25, -0.2) is 4.98 Å². The van der Waals surface area contributed by atoms with Crippen molar-refractivity contribution in [1.29, 1.82) is 0 Å². The molecule has 1 unspecified atom stereocenters. The first-order valence-corrected chi connectivity index (χ1v) is 9.64. The fraction of sp³-hybridized carbons (Fsp3) is 0.217. The van der Waals surface area contributed by atoms with Crippen molar-refractivity contribution in [2.75, 3.05) is 11.9 Å². The van der Waals surface area contributed by atoms with E-state index in [1.165, 1.54) is 0 Å². The van der Waals surface area contributed by atoms with Gasteiger partial charge in [0.15, 0.2) is 0 Å². The van der Waals surface area contributed by atoms with Gasteiger partial charge in [-0.05, 0) is 47.4 Å². The first-order chi connectivity index (χ1) is 13.8. The Bertz CT molecular complexity index is 1150. The van der Waals surface area contributed by atoms with Crippen LogP contribution in [0.1, 0.15) is 30.3 Å². The second kappa shape index (κ2) is 7.09. The lowest BCUT2D eigenvalue weighted by molar-refractivity contribution is -0.115. The van der Waals surface area contributed by atoms with Gasteiger partial charge in [0, 0.05) is 12.3 Å². The zero-order chi connectivity index (χ0) is 18.9. The van der Waals surface area contributed by atoms with Gasteiger partial charge in [0.2, 0.25) is 5.91 Å². The lowest BCUT2D eigenvalue weighted by Gasteiger charge is -2.08. The highest BCUT2D eigenvalue weighted by molar-refractivity contribution is 5.97. The summed E-state index contributed by atoms with van der Waals surface area (Å²) in [6.45, 7) is 0.789. The summed E-state index contributed by atoms with van der Waals surface area (Å²) >= 11 is 0. The molecule has 1 aromatic heterocycles. The van der Waals surface area contributed by atoms with Crippen LogP contribution in [0.4, 0.5) is 5.69 Å². The molecule has 4 aromatic rings. The van der Waals surface area contributed by atoms with Crippen LogP contribution in [0.15, 0.2) is 60.7 Å². The number of nitrogens with one attached hydrogen (secondary N) is 2. The average Bonchev–Trinajstić information content (AvgIpc) is 3.37.